The van der Waals surface area contributed by atoms with Gasteiger partial charge in [0.25, 0.3) is 0 Å². The fraction of sp³-hybridized carbons (Fsp3) is 0.812. The smallest absolute Gasteiger partial charge is 0.0635 e. The van der Waals surface area contributed by atoms with Crippen molar-refractivity contribution in [2.24, 2.45) is 23.5 Å². The Morgan fingerprint density at radius 3 is 2.11 bits per heavy atom. The predicted molar refractivity (Wildman–Crippen MR) is 75.6 cm³/mol. The lowest BCUT2D eigenvalue weighted by Crippen LogP contribution is -2.52. The van der Waals surface area contributed by atoms with E-state index in [9.17, 15) is 0 Å². The molecule has 0 amide bonds. The summed E-state index contributed by atoms with van der Waals surface area (Å²) >= 11 is 0. The van der Waals surface area contributed by atoms with E-state index >= 15 is 0 Å². The molecule has 0 radical (unpaired) electrons. The van der Waals surface area contributed by atoms with Gasteiger partial charge in [0.1, 0.15) is 0 Å². The van der Waals surface area contributed by atoms with Crippen molar-refractivity contribution in [2.45, 2.75) is 63.5 Å². The topological polar surface area (TPSA) is 43.8 Å². The van der Waals surface area contributed by atoms with Gasteiger partial charge in [-0.2, -0.15) is 5.10 Å². The summed E-state index contributed by atoms with van der Waals surface area (Å²) in [4.78, 5) is 0. The molecule has 4 aliphatic carbocycles. The first-order chi connectivity index (χ1) is 8.95. The fourth-order valence-corrected chi connectivity index (χ4v) is 5.26. The molecular weight excluding hydrogens is 234 g/mol. The second kappa shape index (κ2) is 3.63. The van der Waals surface area contributed by atoms with Crippen molar-refractivity contribution in [3.05, 3.63) is 18.0 Å². The van der Waals surface area contributed by atoms with Crippen molar-refractivity contribution in [3.8, 4) is 0 Å². The van der Waals surface area contributed by atoms with Crippen LogP contribution in [0.5, 0.6) is 0 Å². The molecule has 0 atom stereocenters. The zero-order valence-corrected chi connectivity index (χ0v) is 12.1. The maximum atomic E-state index is 6.21. The Morgan fingerprint density at radius 1 is 1.16 bits per heavy atom. The quantitative estimate of drug-likeness (QED) is 0.887. The highest BCUT2D eigenvalue weighted by Gasteiger charge is 2.52. The summed E-state index contributed by atoms with van der Waals surface area (Å²) < 4.78 is 2.29. The van der Waals surface area contributed by atoms with Crippen LogP contribution in [0.3, 0.4) is 0 Å². The van der Waals surface area contributed by atoms with Crippen molar-refractivity contribution in [1.29, 1.82) is 0 Å². The monoisotopic (exact) mass is 259 g/mol. The van der Waals surface area contributed by atoms with Gasteiger partial charge < -0.3 is 5.73 Å². The van der Waals surface area contributed by atoms with Crippen molar-refractivity contribution >= 4 is 0 Å². The van der Waals surface area contributed by atoms with E-state index in [1.54, 1.807) is 0 Å². The van der Waals surface area contributed by atoms with Gasteiger partial charge in [-0.25, -0.2) is 0 Å². The number of hydrogen-bond donors (Lipinski definition) is 1. The average molecular weight is 259 g/mol. The van der Waals surface area contributed by atoms with Crippen LogP contribution in [0.4, 0.5) is 0 Å². The van der Waals surface area contributed by atoms with Crippen LogP contribution in [0.2, 0.25) is 0 Å². The zero-order chi connectivity index (χ0) is 13.3. The second-order valence-electron chi connectivity index (χ2n) is 8.04. The molecule has 0 aromatic carbocycles. The highest BCUT2D eigenvalue weighted by molar-refractivity contribution is 5.17. The molecule has 104 valence electrons. The van der Waals surface area contributed by atoms with Gasteiger partial charge in [-0.05, 0) is 70.1 Å². The van der Waals surface area contributed by atoms with Crippen LogP contribution < -0.4 is 5.73 Å². The summed E-state index contributed by atoms with van der Waals surface area (Å²) in [5.74, 6) is 2.89. The molecule has 0 unspecified atom stereocenters. The lowest BCUT2D eigenvalue weighted by Gasteiger charge is -2.56. The van der Waals surface area contributed by atoms with Crippen molar-refractivity contribution in [3.63, 3.8) is 0 Å². The van der Waals surface area contributed by atoms with Gasteiger partial charge in [0.15, 0.2) is 0 Å². The van der Waals surface area contributed by atoms with E-state index in [4.69, 9.17) is 10.8 Å². The Bertz CT molecular complexity index is 459. The molecule has 3 heteroatoms. The minimum absolute atomic E-state index is 0.277. The van der Waals surface area contributed by atoms with Crippen LogP contribution in [0, 0.1) is 17.8 Å². The molecular formula is C16H25N3. The molecule has 1 aromatic rings. The molecule has 5 rings (SSSR count). The SMILES string of the molecule is CC(C)(N)c1cnn(C23CC4CC(CC(C4)C2)C3)c1. The number of nitrogens with two attached hydrogens (primary N) is 1. The summed E-state index contributed by atoms with van der Waals surface area (Å²) in [6.45, 7) is 4.13. The highest BCUT2D eigenvalue weighted by Crippen LogP contribution is 2.58. The standard InChI is InChI=1S/C16H25N3/c1-15(2,17)14-9-18-19(10-14)16-6-11-3-12(7-16)5-13(4-11)8-16/h9-13H,3-8,17H2,1-2H3. The third-order valence-electron chi connectivity index (χ3n) is 5.82. The van der Waals surface area contributed by atoms with E-state index in [2.05, 4.69) is 24.7 Å². The average Bonchev–Trinajstić information content (AvgIpc) is 2.75. The summed E-state index contributed by atoms with van der Waals surface area (Å²) in [6.07, 6.45) is 12.7. The van der Waals surface area contributed by atoms with Gasteiger partial charge in [0.05, 0.1) is 11.7 Å². The lowest BCUT2D eigenvalue weighted by molar-refractivity contribution is -0.0494. The van der Waals surface area contributed by atoms with E-state index in [-0.39, 0.29) is 5.54 Å². The Morgan fingerprint density at radius 2 is 1.68 bits per heavy atom. The second-order valence-corrected chi connectivity index (χ2v) is 8.04. The van der Waals surface area contributed by atoms with E-state index in [0.29, 0.717) is 5.54 Å². The molecule has 2 N–H and O–H groups in total. The number of hydrogen-bond acceptors (Lipinski definition) is 2. The Hall–Kier alpha value is -0.830. The highest BCUT2D eigenvalue weighted by atomic mass is 15.3. The zero-order valence-electron chi connectivity index (χ0n) is 12.1. The molecule has 1 aromatic heterocycles. The molecule has 0 saturated heterocycles. The summed E-state index contributed by atoms with van der Waals surface area (Å²) in [7, 11) is 0. The first-order valence-corrected chi connectivity index (χ1v) is 7.79. The largest absolute Gasteiger partial charge is 0.322 e. The van der Waals surface area contributed by atoms with E-state index in [1.165, 1.54) is 44.1 Å². The van der Waals surface area contributed by atoms with Gasteiger partial charge >= 0.3 is 0 Å². The minimum Gasteiger partial charge on any atom is -0.322 e. The molecule has 1 heterocycles. The van der Waals surface area contributed by atoms with Crippen LogP contribution in [0.1, 0.15) is 57.9 Å². The predicted octanol–water partition coefficient (Wildman–Crippen LogP) is 3.00. The Labute approximate surface area is 115 Å². The fourth-order valence-electron chi connectivity index (χ4n) is 5.26. The molecule has 4 fully saturated rings. The molecule has 0 aliphatic heterocycles. The Kier molecular flexibility index (Phi) is 2.28. The van der Waals surface area contributed by atoms with Crippen molar-refractivity contribution in [2.75, 3.05) is 0 Å². The van der Waals surface area contributed by atoms with E-state index in [1.807, 2.05) is 6.20 Å². The molecule has 0 spiro atoms. The van der Waals surface area contributed by atoms with Gasteiger partial charge in [-0.3, -0.25) is 4.68 Å². The van der Waals surface area contributed by atoms with E-state index < -0.39 is 0 Å². The number of aromatic nitrogens is 2. The summed E-state index contributed by atoms with van der Waals surface area (Å²) in [5, 5.41) is 4.71. The van der Waals surface area contributed by atoms with Gasteiger partial charge in [-0.15, -0.1) is 0 Å². The maximum Gasteiger partial charge on any atom is 0.0635 e. The third-order valence-corrected chi connectivity index (χ3v) is 5.82. The normalized spacial score (nSPS) is 40.9. The van der Waals surface area contributed by atoms with Gasteiger partial charge in [0.2, 0.25) is 0 Å². The first kappa shape index (κ1) is 12.0. The van der Waals surface area contributed by atoms with Gasteiger partial charge in [-0.1, -0.05) is 0 Å². The van der Waals surface area contributed by atoms with Gasteiger partial charge in [0, 0.05) is 17.3 Å². The molecule has 4 saturated carbocycles. The Balaban J connectivity index is 1.70. The van der Waals surface area contributed by atoms with Crippen molar-refractivity contribution in [1.82, 2.24) is 9.78 Å². The number of rotatable bonds is 2. The maximum absolute atomic E-state index is 6.21. The first-order valence-electron chi connectivity index (χ1n) is 7.79. The van der Waals surface area contributed by atoms with Crippen LogP contribution in [-0.2, 0) is 11.1 Å². The molecule has 19 heavy (non-hydrogen) atoms. The van der Waals surface area contributed by atoms with Crippen LogP contribution in [0.25, 0.3) is 0 Å². The molecule has 4 bridgehead atoms. The number of nitrogens with zero attached hydrogens (tertiary/aromatic N) is 2. The summed E-state index contributed by atoms with van der Waals surface area (Å²) in [5.41, 5.74) is 7.43. The minimum atomic E-state index is -0.277. The van der Waals surface area contributed by atoms with Crippen LogP contribution in [0.15, 0.2) is 12.4 Å². The lowest BCUT2D eigenvalue weighted by atomic mass is 9.53. The van der Waals surface area contributed by atoms with E-state index in [0.717, 1.165) is 17.8 Å². The molecule has 3 nitrogen and oxygen atoms in total. The third kappa shape index (κ3) is 1.78. The van der Waals surface area contributed by atoms with Crippen LogP contribution >= 0.6 is 0 Å². The van der Waals surface area contributed by atoms with Crippen molar-refractivity contribution < 1.29 is 0 Å². The molecule has 4 aliphatic rings. The van der Waals surface area contributed by atoms with Crippen LogP contribution in [-0.4, -0.2) is 9.78 Å². The summed E-state index contributed by atoms with van der Waals surface area (Å²) in [6, 6.07) is 0.